The fourth-order valence-corrected chi connectivity index (χ4v) is 4.95. The van der Waals surface area contributed by atoms with Crippen molar-refractivity contribution in [2.24, 2.45) is 0 Å². The molecule has 0 unspecified atom stereocenters. The normalized spacial score (nSPS) is 12.2. The second-order valence-corrected chi connectivity index (χ2v) is 11.1. The average Bonchev–Trinajstić information content (AvgIpc) is 3.08. The molecular formula is C20H18N4O5S3. The molecule has 32 heavy (non-hydrogen) atoms. The first-order chi connectivity index (χ1) is 15.0. The third kappa shape index (κ3) is 4.04. The van der Waals surface area contributed by atoms with Crippen LogP contribution >= 0.6 is 12.6 Å². The Morgan fingerprint density at radius 3 is 2.34 bits per heavy atom. The summed E-state index contributed by atoms with van der Waals surface area (Å²) in [5.41, 5.74) is 6.98. The quantitative estimate of drug-likeness (QED) is 0.248. The Balaban J connectivity index is 2.05. The summed E-state index contributed by atoms with van der Waals surface area (Å²) in [4.78, 5) is -0.266. The molecule has 4 aromatic rings. The first-order valence-electron chi connectivity index (χ1n) is 9.12. The Hall–Kier alpha value is -3.09. The topological polar surface area (TPSA) is 134 Å². The van der Waals surface area contributed by atoms with Gasteiger partial charge in [0.15, 0.2) is 15.6 Å². The van der Waals surface area contributed by atoms with Gasteiger partial charge in [-0.05, 0) is 22.9 Å². The van der Waals surface area contributed by atoms with Crippen molar-refractivity contribution in [3.05, 3.63) is 54.6 Å². The fourth-order valence-electron chi connectivity index (χ4n) is 3.41. The van der Waals surface area contributed by atoms with Crippen LogP contribution < -0.4 is 9.92 Å². The molecule has 0 aliphatic carbocycles. The molecule has 3 aromatic carbocycles. The van der Waals surface area contributed by atoms with Crippen LogP contribution in [0.25, 0.3) is 27.7 Å². The fraction of sp³-hybridized carbons (Fsp3) is 0.100. The number of benzene rings is 3. The number of hydrogen-bond donors (Lipinski definition) is 2. The molecule has 1 heterocycles. The van der Waals surface area contributed by atoms with Gasteiger partial charge in [-0.25, -0.2) is 13.1 Å². The lowest BCUT2D eigenvalue weighted by molar-refractivity contribution is 0.490. The van der Waals surface area contributed by atoms with E-state index in [-0.39, 0.29) is 27.0 Å². The zero-order valence-electron chi connectivity index (χ0n) is 16.9. The summed E-state index contributed by atoms with van der Waals surface area (Å²) >= 11 is 4.44. The Labute approximate surface area is 190 Å². The second kappa shape index (κ2) is 7.80. The van der Waals surface area contributed by atoms with Crippen LogP contribution in [-0.2, 0) is 20.0 Å². The Kier molecular flexibility index (Phi) is 5.39. The van der Waals surface area contributed by atoms with Crippen LogP contribution in [0.1, 0.15) is 0 Å². The number of rotatable bonds is 5. The van der Waals surface area contributed by atoms with E-state index in [0.29, 0.717) is 5.69 Å². The van der Waals surface area contributed by atoms with Crippen LogP contribution in [0.4, 0.5) is 5.69 Å². The van der Waals surface area contributed by atoms with Gasteiger partial charge in [0.1, 0.15) is 16.4 Å². The van der Waals surface area contributed by atoms with E-state index in [1.54, 1.807) is 0 Å². The number of thiol groups is 1. The molecule has 0 atom stereocenters. The second-order valence-electron chi connectivity index (χ2n) is 7.09. The molecule has 0 saturated carbocycles. The molecule has 0 aliphatic rings. The van der Waals surface area contributed by atoms with E-state index in [9.17, 15) is 16.8 Å². The molecule has 0 spiro atoms. The van der Waals surface area contributed by atoms with E-state index < -0.39 is 20.0 Å². The molecule has 9 nitrogen and oxygen atoms in total. The first-order valence-corrected chi connectivity index (χ1v) is 13.3. The number of nitrogens with zero attached hydrogens (tertiary/aromatic N) is 3. The van der Waals surface area contributed by atoms with Crippen LogP contribution in [-0.4, -0.2) is 44.3 Å². The van der Waals surface area contributed by atoms with Crippen molar-refractivity contribution in [2.75, 3.05) is 18.2 Å². The highest BCUT2D eigenvalue weighted by Crippen LogP contribution is 2.40. The van der Waals surface area contributed by atoms with Crippen LogP contribution in [0, 0.1) is 0 Å². The molecule has 0 amide bonds. The lowest BCUT2D eigenvalue weighted by atomic mass is 10.0. The van der Waals surface area contributed by atoms with Crippen molar-refractivity contribution in [2.45, 2.75) is 9.92 Å². The van der Waals surface area contributed by atoms with E-state index in [1.807, 2.05) is 42.5 Å². The molecular weight excluding hydrogens is 472 g/mol. The molecule has 1 aromatic heterocycles. The van der Waals surface area contributed by atoms with Gasteiger partial charge in [-0.3, -0.25) is 0 Å². The highest BCUT2D eigenvalue weighted by atomic mass is 32.2. The molecule has 0 bridgehead atoms. The number of sulfone groups is 1. The summed E-state index contributed by atoms with van der Waals surface area (Å²) in [6, 6.07) is 15.9. The van der Waals surface area contributed by atoms with E-state index in [0.717, 1.165) is 28.8 Å². The number of nitrogens with two attached hydrogens (primary N) is 1. The Morgan fingerprint density at radius 2 is 1.66 bits per heavy atom. The van der Waals surface area contributed by atoms with Crippen molar-refractivity contribution in [1.29, 1.82) is 0 Å². The molecule has 2 N–H and O–H groups in total. The highest BCUT2D eigenvalue weighted by molar-refractivity contribution is 7.91. The maximum Gasteiger partial charge on any atom is 0.306 e. The smallest absolute Gasteiger partial charge is 0.306 e. The molecule has 4 rings (SSSR count). The van der Waals surface area contributed by atoms with Crippen LogP contribution in [0.15, 0.2) is 64.5 Å². The van der Waals surface area contributed by atoms with Gasteiger partial charge in [-0.15, -0.1) is 17.7 Å². The number of anilines is 1. The maximum atomic E-state index is 12.1. The van der Waals surface area contributed by atoms with Gasteiger partial charge in [0.25, 0.3) is 0 Å². The summed E-state index contributed by atoms with van der Waals surface area (Å²) in [6.45, 7) is 0. The third-order valence-corrected chi connectivity index (χ3v) is 6.62. The summed E-state index contributed by atoms with van der Waals surface area (Å²) in [7, 11) is -7.81. The van der Waals surface area contributed by atoms with Gasteiger partial charge < -0.3 is 9.92 Å². The van der Waals surface area contributed by atoms with Crippen LogP contribution in [0.2, 0.25) is 0 Å². The lowest BCUT2D eigenvalue weighted by Gasteiger charge is -2.16. The minimum absolute atomic E-state index is 0.0936. The third-order valence-electron chi connectivity index (χ3n) is 4.69. The van der Waals surface area contributed by atoms with Crippen LogP contribution in [0.3, 0.4) is 0 Å². The number of hydrogen-bond acceptors (Lipinski definition) is 9. The predicted octanol–water partition coefficient (Wildman–Crippen LogP) is 2.70. The van der Waals surface area contributed by atoms with Gasteiger partial charge in [-0.2, -0.15) is 8.42 Å². The van der Waals surface area contributed by atoms with E-state index in [4.69, 9.17) is 9.92 Å². The van der Waals surface area contributed by atoms with Gasteiger partial charge >= 0.3 is 10.1 Å². The molecule has 166 valence electrons. The Morgan fingerprint density at radius 1 is 0.969 bits per heavy atom. The summed E-state index contributed by atoms with van der Waals surface area (Å²) in [6.07, 6.45) is 1.80. The van der Waals surface area contributed by atoms with E-state index in [1.165, 1.54) is 16.8 Å². The number of fused-ring (bicyclic) bond motifs is 1. The molecule has 0 fully saturated rings. The van der Waals surface area contributed by atoms with Gasteiger partial charge in [0.05, 0.1) is 16.8 Å². The van der Waals surface area contributed by atoms with Crippen molar-refractivity contribution in [1.82, 2.24) is 15.0 Å². The summed E-state index contributed by atoms with van der Waals surface area (Å²) in [5.74, 6) is -0.366. The van der Waals surface area contributed by atoms with Crippen LogP contribution in [0.5, 0.6) is 5.75 Å². The number of nitrogen functional groups attached to an aromatic ring is 1. The molecule has 12 heteroatoms. The standard InChI is InChI=1S/C20H18N4O5S3/c1-31(25,26)16-11-10-15(19(17(16)21)29-32(2,27)28)24-18(20(30)22-23-24)14-9-5-7-12-6-3-4-8-13(12)14/h3-11,30H,21H2,1-2H3. The monoisotopic (exact) mass is 490 g/mol. The minimum atomic E-state index is -4.05. The van der Waals surface area contributed by atoms with Crippen molar-refractivity contribution in [3.8, 4) is 22.7 Å². The zero-order chi connectivity index (χ0) is 23.3. The zero-order valence-corrected chi connectivity index (χ0v) is 19.4. The largest absolute Gasteiger partial charge is 0.395 e. The SMILES string of the molecule is CS(=O)(=O)Oc1c(-n2nnc(S)c2-c2cccc3ccccc23)ccc(S(C)(=O)=O)c1N. The van der Waals surface area contributed by atoms with Gasteiger partial charge in [-0.1, -0.05) is 47.7 Å². The molecule has 0 saturated heterocycles. The lowest BCUT2D eigenvalue weighted by Crippen LogP contribution is -2.14. The summed E-state index contributed by atoms with van der Waals surface area (Å²) in [5, 5.41) is 10.3. The number of aromatic nitrogens is 3. The first kappa shape index (κ1) is 22.1. The van der Waals surface area contributed by atoms with Gasteiger partial charge in [0, 0.05) is 11.8 Å². The maximum absolute atomic E-state index is 12.1. The molecule has 0 radical (unpaired) electrons. The average molecular weight is 491 g/mol. The van der Waals surface area contributed by atoms with E-state index in [2.05, 4.69) is 22.9 Å². The molecule has 0 aliphatic heterocycles. The minimum Gasteiger partial charge on any atom is -0.395 e. The predicted molar refractivity (Wildman–Crippen MR) is 125 cm³/mol. The van der Waals surface area contributed by atoms with Crippen molar-refractivity contribution < 1.29 is 21.0 Å². The van der Waals surface area contributed by atoms with E-state index >= 15 is 0 Å². The highest BCUT2D eigenvalue weighted by Gasteiger charge is 2.26. The Bertz CT molecular complexity index is 1570. The van der Waals surface area contributed by atoms with Crippen molar-refractivity contribution >= 4 is 49.0 Å². The summed E-state index contributed by atoms with van der Waals surface area (Å²) < 4.78 is 54.6. The van der Waals surface area contributed by atoms with Crippen molar-refractivity contribution in [3.63, 3.8) is 0 Å². The van der Waals surface area contributed by atoms with Gasteiger partial charge in [0.2, 0.25) is 0 Å².